The molecule has 1 heterocycles. The second-order valence-electron chi connectivity index (χ2n) is 4.70. The quantitative estimate of drug-likeness (QED) is 0.936. The smallest absolute Gasteiger partial charge is 0.274 e. The highest BCUT2D eigenvalue weighted by molar-refractivity contribution is 6.03. The summed E-state index contributed by atoms with van der Waals surface area (Å²) in [4.78, 5) is 29.1. The summed E-state index contributed by atoms with van der Waals surface area (Å²) in [6, 6.07) is 12.6. The van der Waals surface area contributed by atoms with Gasteiger partial charge in [-0.2, -0.15) is 0 Å². The van der Waals surface area contributed by atoms with Gasteiger partial charge in [-0.15, -0.1) is 0 Å². The van der Waals surface area contributed by atoms with E-state index in [0.29, 0.717) is 17.9 Å². The van der Waals surface area contributed by atoms with Crippen molar-refractivity contribution in [2.45, 2.75) is 13.5 Å². The molecule has 0 bridgehead atoms. The highest BCUT2D eigenvalue weighted by atomic mass is 16.2. The number of anilines is 1. The molecule has 0 spiro atoms. The second-order valence-corrected chi connectivity index (χ2v) is 4.70. The minimum absolute atomic E-state index is 0.0270. The maximum atomic E-state index is 12.1. The lowest BCUT2D eigenvalue weighted by Gasteiger charge is -2.17. The average molecular weight is 283 g/mol. The molecule has 0 atom stereocenters. The number of amides is 2. The molecular formula is C16H17N3O2. The minimum Gasteiger partial charge on any atom is -0.342 e. The molecule has 5 heteroatoms. The molecule has 21 heavy (non-hydrogen) atoms. The van der Waals surface area contributed by atoms with E-state index >= 15 is 0 Å². The van der Waals surface area contributed by atoms with Crippen molar-refractivity contribution in [3.8, 4) is 0 Å². The summed E-state index contributed by atoms with van der Waals surface area (Å²) >= 11 is 0. The van der Waals surface area contributed by atoms with E-state index < -0.39 is 0 Å². The van der Waals surface area contributed by atoms with Crippen molar-refractivity contribution in [2.75, 3.05) is 12.4 Å². The minimum atomic E-state index is -0.270. The summed E-state index contributed by atoms with van der Waals surface area (Å²) in [7, 11) is 1.72. The molecule has 0 radical (unpaired) electrons. The van der Waals surface area contributed by atoms with Crippen molar-refractivity contribution in [3.63, 3.8) is 0 Å². The highest BCUT2D eigenvalue weighted by Gasteiger charge is 2.11. The molecule has 2 aromatic rings. The monoisotopic (exact) mass is 283 g/mol. The Bertz CT molecular complexity index is 641. The van der Waals surface area contributed by atoms with Crippen molar-refractivity contribution in [1.29, 1.82) is 0 Å². The first-order chi connectivity index (χ1) is 10.1. The SMILES string of the molecule is CC(=O)N(C)Cc1ccccc1NC(=O)c1ccccn1. The molecule has 108 valence electrons. The van der Waals surface area contributed by atoms with E-state index in [4.69, 9.17) is 0 Å². The molecule has 0 aliphatic carbocycles. The summed E-state index contributed by atoms with van der Waals surface area (Å²) in [6.45, 7) is 1.95. The van der Waals surface area contributed by atoms with Gasteiger partial charge in [0.05, 0.1) is 0 Å². The lowest BCUT2D eigenvalue weighted by molar-refractivity contribution is -0.128. The lowest BCUT2D eigenvalue weighted by atomic mass is 10.1. The van der Waals surface area contributed by atoms with E-state index in [9.17, 15) is 9.59 Å². The van der Waals surface area contributed by atoms with Gasteiger partial charge in [0, 0.05) is 32.4 Å². The third-order valence-corrected chi connectivity index (χ3v) is 3.11. The molecule has 5 nitrogen and oxygen atoms in total. The number of carbonyl (C=O) groups is 2. The molecule has 0 aliphatic heterocycles. The van der Waals surface area contributed by atoms with Crippen LogP contribution in [-0.2, 0) is 11.3 Å². The molecule has 1 N–H and O–H groups in total. The highest BCUT2D eigenvalue weighted by Crippen LogP contribution is 2.17. The Kier molecular flexibility index (Phi) is 4.66. The normalized spacial score (nSPS) is 10.0. The van der Waals surface area contributed by atoms with Crippen LogP contribution < -0.4 is 5.32 Å². The van der Waals surface area contributed by atoms with Gasteiger partial charge in [-0.25, -0.2) is 0 Å². The van der Waals surface area contributed by atoms with Gasteiger partial charge in [-0.1, -0.05) is 24.3 Å². The van der Waals surface area contributed by atoms with E-state index in [1.165, 1.54) is 6.92 Å². The molecule has 2 rings (SSSR count). The van der Waals surface area contributed by atoms with Crippen LogP contribution in [0.15, 0.2) is 48.7 Å². The number of carbonyl (C=O) groups excluding carboxylic acids is 2. The van der Waals surface area contributed by atoms with Gasteiger partial charge in [0.25, 0.3) is 5.91 Å². The standard InChI is InChI=1S/C16H17N3O2/c1-12(20)19(2)11-13-7-3-4-8-14(13)18-16(21)15-9-5-6-10-17-15/h3-10H,11H2,1-2H3,(H,18,21). The summed E-state index contributed by atoms with van der Waals surface area (Å²) < 4.78 is 0. The van der Waals surface area contributed by atoms with Crippen LogP contribution in [0.3, 0.4) is 0 Å². The van der Waals surface area contributed by atoms with Crippen LogP contribution in [0.4, 0.5) is 5.69 Å². The zero-order valence-corrected chi connectivity index (χ0v) is 12.0. The molecule has 0 aliphatic rings. The molecule has 2 amide bonds. The van der Waals surface area contributed by atoms with Crippen LogP contribution in [-0.4, -0.2) is 28.7 Å². The summed E-state index contributed by atoms with van der Waals surface area (Å²) in [6.07, 6.45) is 1.57. The van der Waals surface area contributed by atoms with Gasteiger partial charge in [0.1, 0.15) is 5.69 Å². The van der Waals surface area contributed by atoms with Crippen LogP contribution >= 0.6 is 0 Å². The Hall–Kier alpha value is -2.69. The Labute approximate surface area is 123 Å². The van der Waals surface area contributed by atoms with Crippen LogP contribution in [0.25, 0.3) is 0 Å². The Morgan fingerprint density at radius 3 is 2.52 bits per heavy atom. The Balaban J connectivity index is 2.17. The molecule has 0 unspecified atom stereocenters. The number of aromatic nitrogens is 1. The lowest BCUT2D eigenvalue weighted by Crippen LogP contribution is -2.24. The Morgan fingerprint density at radius 2 is 1.86 bits per heavy atom. The number of hydrogen-bond acceptors (Lipinski definition) is 3. The summed E-state index contributed by atoms with van der Waals surface area (Å²) in [5.74, 6) is -0.297. The van der Waals surface area contributed by atoms with Crippen LogP contribution in [0.5, 0.6) is 0 Å². The Morgan fingerprint density at radius 1 is 1.14 bits per heavy atom. The number of pyridine rings is 1. The first-order valence-corrected chi connectivity index (χ1v) is 6.60. The number of benzene rings is 1. The number of nitrogens with zero attached hydrogens (tertiary/aromatic N) is 2. The predicted octanol–water partition coefficient (Wildman–Crippen LogP) is 2.31. The fourth-order valence-electron chi connectivity index (χ4n) is 1.83. The maximum absolute atomic E-state index is 12.1. The fourth-order valence-corrected chi connectivity index (χ4v) is 1.83. The first-order valence-electron chi connectivity index (χ1n) is 6.60. The van der Waals surface area contributed by atoms with Crippen molar-refractivity contribution in [3.05, 3.63) is 59.9 Å². The molecule has 1 aromatic heterocycles. The first kappa shape index (κ1) is 14.7. The summed E-state index contributed by atoms with van der Waals surface area (Å²) in [5, 5.41) is 2.83. The number of hydrogen-bond donors (Lipinski definition) is 1. The van der Waals surface area contributed by atoms with Crippen LogP contribution in [0, 0.1) is 0 Å². The number of nitrogens with one attached hydrogen (secondary N) is 1. The van der Waals surface area contributed by atoms with Crippen molar-refractivity contribution >= 4 is 17.5 Å². The van der Waals surface area contributed by atoms with Gasteiger partial charge >= 0.3 is 0 Å². The third kappa shape index (κ3) is 3.89. The van der Waals surface area contributed by atoms with Crippen LogP contribution in [0.1, 0.15) is 23.0 Å². The topological polar surface area (TPSA) is 62.3 Å². The average Bonchev–Trinajstić information content (AvgIpc) is 2.50. The zero-order valence-electron chi connectivity index (χ0n) is 12.0. The molecule has 0 saturated carbocycles. The van der Waals surface area contributed by atoms with Crippen molar-refractivity contribution in [1.82, 2.24) is 9.88 Å². The van der Waals surface area contributed by atoms with E-state index in [1.807, 2.05) is 24.3 Å². The van der Waals surface area contributed by atoms with E-state index in [2.05, 4.69) is 10.3 Å². The third-order valence-electron chi connectivity index (χ3n) is 3.11. The predicted molar refractivity (Wildman–Crippen MR) is 80.8 cm³/mol. The van der Waals surface area contributed by atoms with Gasteiger partial charge in [-0.3, -0.25) is 14.6 Å². The molecular weight excluding hydrogens is 266 g/mol. The second kappa shape index (κ2) is 6.65. The number of rotatable bonds is 4. The summed E-state index contributed by atoms with van der Waals surface area (Å²) in [5.41, 5.74) is 1.91. The van der Waals surface area contributed by atoms with Gasteiger partial charge in [0.2, 0.25) is 5.91 Å². The van der Waals surface area contributed by atoms with Gasteiger partial charge in [0.15, 0.2) is 0 Å². The van der Waals surface area contributed by atoms with Crippen molar-refractivity contribution < 1.29 is 9.59 Å². The van der Waals surface area contributed by atoms with Gasteiger partial charge < -0.3 is 10.2 Å². The van der Waals surface area contributed by atoms with Gasteiger partial charge in [-0.05, 0) is 23.8 Å². The van der Waals surface area contributed by atoms with Crippen molar-refractivity contribution in [2.24, 2.45) is 0 Å². The van der Waals surface area contributed by atoms with E-state index in [1.54, 1.807) is 36.3 Å². The fraction of sp³-hybridized carbons (Fsp3) is 0.188. The van der Waals surface area contributed by atoms with Crippen LogP contribution in [0.2, 0.25) is 0 Å². The molecule has 0 fully saturated rings. The largest absolute Gasteiger partial charge is 0.342 e. The van der Waals surface area contributed by atoms with E-state index in [0.717, 1.165) is 5.56 Å². The molecule has 1 aromatic carbocycles. The zero-order chi connectivity index (χ0) is 15.2. The molecule has 0 saturated heterocycles. The van der Waals surface area contributed by atoms with E-state index in [-0.39, 0.29) is 11.8 Å². The number of para-hydroxylation sites is 1. The maximum Gasteiger partial charge on any atom is 0.274 e.